The smallest absolute Gasteiger partial charge is 0.264 e. The summed E-state index contributed by atoms with van der Waals surface area (Å²) in [5.74, 6) is 1.69. The van der Waals surface area contributed by atoms with Crippen LogP contribution in [0.1, 0.15) is 23.5 Å². The molecule has 1 aromatic heterocycles. The molecule has 2 aromatic rings. The van der Waals surface area contributed by atoms with Crippen molar-refractivity contribution in [3.05, 3.63) is 35.2 Å². The minimum absolute atomic E-state index is 0.00639. The lowest BCUT2D eigenvalue weighted by atomic mass is 10.1. The molecule has 1 aromatic carbocycles. The summed E-state index contributed by atoms with van der Waals surface area (Å²) < 4.78 is 11.2. The molecule has 2 amide bonds. The third-order valence-electron chi connectivity index (χ3n) is 5.02. The van der Waals surface area contributed by atoms with E-state index in [1.165, 1.54) is 11.3 Å². The van der Waals surface area contributed by atoms with Gasteiger partial charge in [0.2, 0.25) is 5.91 Å². The number of fused-ring (bicyclic) bond motifs is 1. The van der Waals surface area contributed by atoms with Gasteiger partial charge in [-0.3, -0.25) is 9.59 Å². The first kappa shape index (κ1) is 18.8. The maximum atomic E-state index is 12.9. The second-order valence-electron chi connectivity index (χ2n) is 7.29. The molecule has 1 saturated heterocycles. The summed E-state index contributed by atoms with van der Waals surface area (Å²) >= 11 is 1.48. The summed E-state index contributed by atoms with van der Waals surface area (Å²) in [6, 6.07) is 9.72. The molecule has 3 heterocycles. The Morgan fingerprint density at radius 2 is 1.61 bits per heavy atom. The Morgan fingerprint density at radius 1 is 0.929 bits per heavy atom. The summed E-state index contributed by atoms with van der Waals surface area (Å²) in [4.78, 5) is 30.4. The van der Waals surface area contributed by atoms with E-state index in [9.17, 15) is 9.59 Å². The molecule has 1 fully saturated rings. The summed E-state index contributed by atoms with van der Waals surface area (Å²) in [6.07, 6.45) is 0. The quantitative estimate of drug-likeness (QED) is 0.794. The third kappa shape index (κ3) is 3.71. The number of ether oxygens (including phenoxy) is 2. The highest BCUT2D eigenvalue weighted by Crippen LogP contribution is 2.37. The number of nitrogens with zero attached hydrogens (tertiary/aromatic N) is 2. The topological polar surface area (TPSA) is 59.1 Å². The van der Waals surface area contributed by atoms with E-state index in [0.717, 1.165) is 21.9 Å². The van der Waals surface area contributed by atoms with Crippen LogP contribution >= 0.6 is 11.3 Å². The van der Waals surface area contributed by atoms with E-state index >= 15 is 0 Å². The molecule has 0 spiro atoms. The predicted molar refractivity (Wildman–Crippen MR) is 108 cm³/mol. The molecule has 0 unspecified atom stereocenters. The second kappa shape index (κ2) is 7.83. The first-order chi connectivity index (χ1) is 13.5. The largest absolute Gasteiger partial charge is 0.486 e. The van der Waals surface area contributed by atoms with Gasteiger partial charge in [0, 0.05) is 37.0 Å². The molecule has 2 aliphatic rings. The molecule has 0 bridgehead atoms. The van der Waals surface area contributed by atoms with Gasteiger partial charge in [-0.2, -0.15) is 0 Å². The Balaban J connectivity index is 1.43. The number of amides is 2. The maximum Gasteiger partial charge on any atom is 0.264 e. The monoisotopic (exact) mass is 400 g/mol. The van der Waals surface area contributed by atoms with Gasteiger partial charge in [-0.05, 0) is 35.9 Å². The van der Waals surface area contributed by atoms with Crippen molar-refractivity contribution in [3.63, 3.8) is 0 Å². The van der Waals surface area contributed by atoms with Crippen molar-refractivity contribution in [2.24, 2.45) is 5.92 Å². The first-order valence-electron chi connectivity index (χ1n) is 9.61. The third-order valence-corrected chi connectivity index (χ3v) is 6.14. The van der Waals surface area contributed by atoms with Crippen LogP contribution < -0.4 is 9.47 Å². The van der Waals surface area contributed by atoms with Crippen LogP contribution in [0, 0.1) is 5.92 Å². The molecular formula is C21H24N2O4S. The van der Waals surface area contributed by atoms with Gasteiger partial charge in [-0.15, -0.1) is 11.3 Å². The Kier molecular flexibility index (Phi) is 5.26. The number of benzene rings is 1. The molecule has 0 N–H and O–H groups in total. The van der Waals surface area contributed by atoms with Gasteiger partial charge in [0.25, 0.3) is 5.91 Å². The minimum atomic E-state index is -0.00639. The van der Waals surface area contributed by atoms with Gasteiger partial charge >= 0.3 is 0 Å². The first-order valence-corrected chi connectivity index (χ1v) is 10.4. The molecule has 0 radical (unpaired) electrons. The number of piperazine rings is 1. The highest BCUT2D eigenvalue weighted by molar-refractivity contribution is 7.17. The van der Waals surface area contributed by atoms with E-state index in [4.69, 9.17) is 9.47 Å². The summed E-state index contributed by atoms with van der Waals surface area (Å²) in [5, 5.41) is 0. The average molecular weight is 401 g/mol. The van der Waals surface area contributed by atoms with E-state index in [0.29, 0.717) is 44.3 Å². The lowest BCUT2D eigenvalue weighted by Gasteiger charge is -2.35. The number of carbonyl (C=O) groups excluding carboxylic acids is 2. The van der Waals surface area contributed by atoms with Crippen LogP contribution in [0.3, 0.4) is 0 Å². The number of carbonyl (C=O) groups is 2. The number of hydrogen-bond donors (Lipinski definition) is 0. The minimum Gasteiger partial charge on any atom is -0.486 e. The van der Waals surface area contributed by atoms with Crippen molar-refractivity contribution in [1.29, 1.82) is 0 Å². The zero-order valence-electron chi connectivity index (χ0n) is 16.1. The van der Waals surface area contributed by atoms with E-state index in [-0.39, 0.29) is 17.7 Å². The number of hydrogen-bond acceptors (Lipinski definition) is 5. The van der Waals surface area contributed by atoms with Gasteiger partial charge in [0.1, 0.15) is 13.2 Å². The van der Waals surface area contributed by atoms with Crippen LogP contribution in [-0.2, 0) is 4.79 Å². The van der Waals surface area contributed by atoms with Crippen molar-refractivity contribution in [2.75, 3.05) is 39.4 Å². The summed E-state index contributed by atoms with van der Waals surface area (Å²) in [5.41, 5.74) is 1.01. The summed E-state index contributed by atoms with van der Waals surface area (Å²) in [6.45, 7) is 7.29. The van der Waals surface area contributed by atoms with E-state index in [2.05, 4.69) is 0 Å². The Labute approximate surface area is 168 Å². The zero-order valence-corrected chi connectivity index (χ0v) is 17.0. The Hall–Kier alpha value is -2.54. The predicted octanol–water partition coefficient (Wildman–Crippen LogP) is 3.13. The molecule has 0 aliphatic carbocycles. The fourth-order valence-electron chi connectivity index (χ4n) is 3.46. The molecule has 0 saturated carbocycles. The maximum absolute atomic E-state index is 12.9. The molecule has 4 rings (SSSR count). The van der Waals surface area contributed by atoms with Crippen molar-refractivity contribution in [1.82, 2.24) is 9.80 Å². The van der Waals surface area contributed by atoms with Crippen molar-refractivity contribution in [3.8, 4) is 21.9 Å². The Bertz CT molecular complexity index is 884. The fourth-order valence-corrected chi connectivity index (χ4v) is 4.43. The van der Waals surface area contributed by atoms with E-state index < -0.39 is 0 Å². The Morgan fingerprint density at radius 3 is 2.32 bits per heavy atom. The van der Waals surface area contributed by atoms with Crippen LogP contribution in [0.2, 0.25) is 0 Å². The van der Waals surface area contributed by atoms with Crippen molar-refractivity contribution < 1.29 is 19.1 Å². The van der Waals surface area contributed by atoms with Gasteiger partial charge < -0.3 is 19.3 Å². The summed E-state index contributed by atoms with van der Waals surface area (Å²) in [7, 11) is 0. The number of rotatable bonds is 3. The average Bonchev–Trinajstić information content (AvgIpc) is 3.22. The van der Waals surface area contributed by atoms with Crippen LogP contribution in [0.5, 0.6) is 11.5 Å². The van der Waals surface area contributed by atoms with E-state index in [1.807, 2.05) is 54.0 Å². The zero-order chi connectivity index (χ0) is 19.7. The standard InChI is InChI=1S/C21H24N2O4S/c1-14(2)20(24)22-7-9-23(10-8-22)21(25)19-6-5-18(28-19)15-3-4-16-17(13-15)27-12-11-26-16/h3-6,13-14H,7-12H2,1-2H3. The molecule has 7 heteroatoms. The second-order valence-corrected chi connectivity index (χ2v) is 8.38. The molecule has 2 aliphatic heterocycles. The van der Waals surface area contributed by atoms with Crippen LogP contribution in [-0.4, -0.2) is 61.0 Å². The lowest BCUT2D eigenvalue weighted by molar-refractivity contribution is -0.135. The van der Waals surface area contributed by atoms with Crippen molar-refractivity contribution in [2.45, 2.75) is 13.8 Å². The van der Waals surface area contributed by atoms with Gasteiger partial charge in [0.05, 0.1) is 4.88 Å². The highest BCUT2D eigenvalue weighted by Gasteiger charge is 2.26. The number of thiophene rings is 1. The SMILES string of the molecule is CC(C)C(=O)N1CCN(C(=O)c2ccc(-c3ccc4c(c3)OCCO4)s2)CC1. The molecule has 148 valence electrons. The normalized spacial score (nSPS) is 16.4. The van der Waals surface area contributed by atoms with Crippen molar-refractivity contribution >= 4 is 23.2 Å². The lowest BCUT2D eigenvalue weighted by Crippen LogP contribution is -2.51. The van der Waals surface area contributed by atoms with Crippen LogP contribution in [0.25, 0.3) is 10.4 Å². The van der Waals surface area contributed by atoms with E-state index in [1.54, 1.807) is 0 Å². The molecular weight excluding hydrogens is 376 g/mol. The highest BCUT2D eigenvalue weighted by atomic mass is 32.1. The molecule has 0 atom stereocenters. The molecule has 28 heavy (non-hydrogen) atoms. The fraction of sp³-hybridized carbons (Fsp3) is 0.429. The molecule has 6 nitrogen and oxygen atoms in total. The van der Waals surface area contributed by atoms with Crippen LogP contribution in [0.15, 0.2) is 30.3 Å². The van der Waals surface area contributed by atoms with Gasteiger partial charge in [-0.25, -0.2) is 0 Å². The van der Waals surface area contributed by atoms with Crippen LogP contribution in [0.4, 0.5) is 0 Å². The van der Waals surface area contributed by atoms with Gasteiger partial charge in [0.15, 0.2) is 11.5 Å². The van der Waals surface area contributed by atoms with Gasteiger partial charge in [-0.1, -0.05) is 13.8 Å².